The first-order chi connectivity index (χ1) is 7.09. The lowest BCUT2D eigenvalue weighted by Gasteiger charge is -2.02. The number of benzene rings is 1. The van der Waals surface area contributed by atoms with Crippen molar-refractivity contribution in [2.75, 3.05) is 5.84 Å². The number of hydrogen-bond acceptors (Lipinski definition) is 3. The van der Waals surface area contributed by atoms with Crippen LogP contribution in [0.3, 0.4) is 0 Å². The number of aryl methyl sites for hydroxylation is 1. The lowest BCUT2D eigenvalue weighted by Crippen LogP contribution is -2.10. The summed E-state index contributed by atoms with van der Waals surface area (Å²) in [4.78, 5) is 0. The zero-order chi connectivity index (χ0) is 11.0. The fraction of sp³-hybridized carbons (Fsp3) is 0.111. The molecule has 0 spiro atoms. The van der Waals surface area contributed by atoms with Gasteiger partial charge in [-0.15, -0.1) is 0 Å². The highest BCUT2D eigenvalue weighted by molar-refractivity contribution is 7.71. The predicted molar refractivity (Wildman–Crippen MR) is 57.7 cm³/mol. The van der Waals surface area contributed by atoms with E-state index in [2.05, 4.69) is 10.2 Å². The van der Waals surface area contributed by atoms with Crippen molar-refractivity contribution in [1.29, 1.82) is 0 Å². The number of halogens is 1. The number of nitrogen functional groups attached to an aromatic ring is 1. The van der Waals surface area contributed by atoms with E-state index < -0.39 is 0 Å². The highest BCUT2D eigenvalue weighted by Crippen LogP contribution is 2.20. The number of H-pyrrole nitrogens is 1. The molecule has 6 heteroatoms. The number of aromatic amines is 1. The Morgan fingerprint density at radius 2 is 2.27 bits per heavy atom. The van der Waals surface area contributed by atoms with Crippen molar-refractivity contribution in [2.45, 2.75) is 6.92 Å². The fourth-order valence-corrected chi connectivity index (χ4v) is 1.44. The van der Waals surface area contributed by atoms with Crippen LogP contribution < -0.4 is 5.84 Å². The largest absolute Gasteiger partial charge is 0.335 e. The Bertz CT molecular complexity index is 557. The minimum absolute atomic E-state index is 0.255. The SMILES string of the molecule is Cc1ccc(F)c(-c2n[nH]c(=S)n2N)c1. The van der Waals surface area contributed by atoms with Gasteiger partial charge in [0.25, 0.3) is 0 Å². The zero-order valence-electron chi connectivity index (χ0n) is 7.99. The maximum Gasteiger partial charge on any atom is 0.214 e. The highest BCUT2D eigenvalue weighted by atomic mass is 32.1. The van der Waals surface area contributed by atoms with Gasteiger partial charge in [-0.3, -0.25) is 0 Å². The summed E-state index contributed by atoms with van der Waals surface area (Å²) in [5.41, 5.74) is 1.27. The minimum atomic E-state index is -0.374. The summed E-state index contributed by atoms with van der Waals surface area (Å²) in [7, 11) is 0. The Hall–Kier alpha value is -1.69. The van der Waals surface area contributed by atoms with Crippen LogP contribution in [0.4, 0.5) is 4.39 Å². The Kier molecular flexibility index (Phi) is 2.28. The molecule has 0 bridgehead atoms. The van der Waals surface area contributed by atoms with Gasteiger partial charge in [-0.05, 0) is 31.3 Å². The van der Waals surface area contributed by atoms with Crippen LogP contribution in [-0.2, 0) is 0 Å². The van der Waals surface area contributed by atoms with Crippen LogP contribution in [0.25, 0.3) is 11.4 Å². The van der Waals surface area contributed by atoms with Crippen molar-refractivity contribution in [1.82, 2.24) is 14.9 Å². The smallest absolute Gasteiger partial charge is 0.214 e. The number of nitrogens with two attached hydrogens (primary N) is 1. The Morgan fingerprint density at radius 3 is 2.87 bits per heavy atom. The Morgan fingerprint density at radius 1 is 1.53 bits per heavy atom. The molecule has 0 aliphatic carbocycles. The predicted octanol–water partition coefficient (Wildman–Crippen LogP) is 1.77. The average molecular weight is 224 g/mol. The first-order valence-electron chi connectivity index (χ1n) is 4.28. The molecule has 1 aromatic carbocycles. The molecule has 0 fully saturated rings. The van der Waals surface area contributed by atoms with E-state index in [0.717, 1.165) is 10.2 Å². The summed E-state index contributed by atoms with van der Waals surface area (Å²) in [6, 6.07) is 4.73. The van der Waals surface area contributed by atoms with Crippen LogP contribution in [0.15, 0.2) is 18.2 Å². The van der Waals surface area contributed by atoms with E-state index in [1.807, 2.05) is 6.92 Å². The first-order valence-corrected chi connectivity index (χ1v) is 4.69. The Labute approximate surface area is 90.5 Å². The molecule has 2 aromatic rings. The molecule has 0 amide bonds. The van der Waals surface area contributed by atoms with Crippen molar-refractivity contribution in [2.24, 2.45) is 0 Å². The minimum Gasteiger partial charge on any atom is -0.335 e. The molecule has 0 aliphatic rings. The van der Waals surface area contributed by atoms with E-state index >= 15 is 0 Å². The van der Waals surface area contributed by atoms with E-state index in [9.17, 15) is 4.39 Å². The molecular formula is C9H9FN4S. The number of aromatic nitrogens is 3. The molecule has 15 heavy (non-hydrogen) atoms. The summed E-state index contributed by atoms with van der Waals surface area (Å²) >= 11 is 4.85. The van der Waals surface area contributed by atoms with Gasteiger partial charge < -0.3 is 5.84 Å². The van der Waals surface area contributed by atoms with Gasteiger partial charge in [-0.1, -0.05) is 11.6 Å². The van der Waals surface area contributed by atoms with Crippen LogP contribution in [0.1, 0.15) is 5.56 Å². The Balaban J connectivity index is 2.68. The topological polar surface area (TPSA) is 59.6 Å². The normalized spacial score (nSPS) is 10.5. The maximum atomic E-state index is 13.5. The number of nitrogens with zero attached hydrogens (tertiary/aromatic N) is 2. The van der Waals surface area contributed by atoms with E-state index in [1.165, 1.54) is 6.07 Å². The van der Waals surface area contributed by atoms with Gasteiger partial charge in [-0.25, -0.2) is 14.2 Å². The van der Waals surface area contributed by atoms with Gasteiger partial charge in [-0.2, -0.15) is 5.10 Å². The fourth-order valence-electron chi connectivity index (χ4n) is 1.31. The number of nitrogens with one attached hydrogen (secondary N) is 1. The molecule has 78 valence electrons. The molecule has 0 aliphatic heterocycles. The lowest BCUT2D eigenvalue weighted by atomic mass is 10.1. The van der Waals surface area contributed by atoms with Gasteiger partial charge in [0.05, 0.1) is 5.56 Å². The van der Waals surface area contributed by atoms with Crippen molar-refractivity contribution in [3.63, 3.8) is 0 Å². The van der Waals surface area contributed by atoms with E-state index in [-0.39, 0.29) is 10.6 Å². The summed E-state index contributed by atoms with van der Waals surface area (Å²) in [5.74, 6) is 5.52. The van der Waals surface area contributed by atoms with Gasteiger partial charge in [0.2, 0.25) is 4.77 Å². The van der Waals surface area contributed by atoms with Crippen molar-refractivity contribution < 1.29 is 4.39 Å². The van der Waals surface area contributed by atoms with Crippen molar-refractivity contribution >= 4 is 12.2 Å². The van der Waals surface area contributed by atoms with Gasteiger partial charge in [0, 0.05) is 0 Å². The van der Waals surface area contributed by atoms with Crippen molar-refractivity contribution in [3.05, 3.63) is 34.4 Å². The molecule has 0 atom stereocenters. The molecule has 0 saturated carbocycles. The summed E-state index contributed by atoms with van der Waals surface area (Å²) < 4.78 is 14.9. The molecule has 0 radical (unpaired) electrons. The third-order valence-electron chi connectivity index (χ3n) is 2.07. The summed E-state index contributed by atoms with van der Waals surface area (Å²) in [6.45, 7) is 1.87. The molecule has 4 nitrogen and oxygen atoms in total. The van der Waals surface area contributed by atoms with Crippen molar-refractivity contribution in [3.8, 4) is 11.4 Å². The second-order valence-electron chi connectivity index (χ2n) is 3.21. The van der Waals surface area contributed by atoms with Gasteiger partial charge >= 0.3 is 0 Å². The second kappa shape index (κ2) is 3.47. The molecule has 1 aromatic heterocycles. The lowest BCUT2D eigenvalue weighted by molar-refractivity contribution is 0.628. The maximum absolute atomic E-state index is 13.5. The first kappa shape index (κ1) is 9.85. The molecule has 0 saturated heterocycles. The summed E-state index contributed by atoms with van der Waals surface area (Å²) in [6.07, 6.45) is 0. The third-order valence-corrected chi connectivity index (χ3v) is 2.36. The van der Waals surface area contributed by atoms with Crippen LogP contribution in [0.5, 0.6) is 0 Å². The van der Waals surface area contributed by atoms with Crippen LogP contribution in [-0.4, -0.2) is 14.9 Å². The standard InChI is InChI=1S/C9H9FN4S/c1-5-2-3-7(10)6(4-5)8-12-13-9(15)14(8)11/h2-4H,11H2,1H3,(H,13,15). The van der Waals surface area contributed by atoms with Crippen LogP contribution in [0, 0.1) is 17.5 Å². The zero-order valence-corrected chi connectivity index (χ0v) is 8.81. The quantitative estimate of drug-likeness (QED) is 0.573. The second-order valence-corrected chi connectivity index (χ2v) is 3.59. The van der Waals surface area contributed by atoms with E-state index in [1.54, 1.807) is 12.1 Å². The van der Waals surface area contributed by atoms with Gasteiger partial charge in [0.15, 0.2) is 5.82 Å². The molecular weight excluding hydrogens is 215 g/mol. The number of rotatable bonds is 1. The van der Waals surface area contributed by atoms with E-state index in [4.69, 9.17) is 18.1 Å². The number of hydrogen-bond donors (Lipinski definition) is 2. The summed E-state index contributed by atoms with van der Waals surface area (Å²) in [5, 5.41) is 6.37. The van der Waals surface area contributed by atoms with Gasteiger partial charge in [0.1, 0.15) is 5.82 Å². The molecule has 1 heterocycles. The monoisotopic (exact) mass is 224 g/mol. The van der Waals surface area contributed by atoms with Crippen LogP contribution in [0.2, 0.25) is 0 Å². The molecule has 3 N–H and O–H groups in total. The molecule has 2 rings (SSSR count). The average Bonchev–Trinajstić information content (AvgIpc) is 2.52. The third kappa shape index (κ3) is 1.63. The van der Waals surface area contributed by atoms with Crippen LogP contribution >= 0.6 is 12.2 Å². The van der Waals surface area contributed by atoms with E-state index in [0.29, 0.717) is 11.4 Å². The highest BCUT2D eigenvalue weighted by Gasteiger charge is 2.11. The molecule has 0 unspecified atom stereocenters.